The van der Waals surface area contributed by atoms with Crippen molar-refractivity contribution in [2.24, 2.45) is 5.73 Å². The lowest BCUT2D eigenvalue weighted by Gasteiger charge is -2.05. The SMILES string of the molecule is CC(=O)c1cccc(-c2ccc(-c3n[nH]nc3C(N)=O)cc2)c1. The van der Waals surface area contributed by atoms with Crippen molar-refractivity contribution in [3.63, 3.8) is 0 Å². The van der Waals surface area contributed by atoms with E-state index in [-0.39, 0.29) is 11.5 Å². The summed E-state index contributed by atoms with van der Waals surface area (Å²) >= 11 is 0. The van der Waals surface area contributed by atoms with E-state index in [4.69, 9.17) is 5.73 Å². The number of H-pyrrole nitrogens is 1. The molecule has 1 aromatic heterocycles. The number of carbonyl (C=O) groups excluding carboxylic acids is 2. The van der Waals surface area contributed by atoms with Gasteiger partial charge in [-0.3, -0.25) is 9.59 Å². The Labute approximate surface area is 132 Å². The lowest BCUT2D eigenvalue weighted by Crippen LogP contribution is -2.12. The Kier molecular flexibility index (Phi) is 3.72. The summed E-state index contributed by atoms with van der Waals surface area (Å²) in [5.41, 5.74) is 9.10. The second kappa shape index (κ2) is 5.84. The summed E-state index contributed by atoms with van der Waals surface area (Å²) in [7, 11) is 0. The summed E-state index contributed by atoms with van der Waals surface area (Å²) in [4.78, 5) is 22.8. The van der Waals surface area contributed by atoms with Crippen molar-refractivity contribution < 1.29 is 9.59 Å². The zero-order valence-electron chi connectivity index (χ0n) is 12.4. The number of Topliss-reactive ketones (excluding diaryl/α,β-unsaturated/α-hetero) is 1. The summed E-state index contributed by atoms with van der Waals surface area (Å²) in [6.07, 6.45) is 0. The van der Waals surface area contributed by atoms with Crippen LogP contribution in [0.3, 0.4) is 0 Å². The molecule has 6 nitrogen and oxygen atoms in total. The highest BCUT2D eigenvalue weighted by atomic mass is 16.1. The maximum Gasteiger partial charge on any atom is 0.271 e. The van der Waals surface area contributed by atoms with E-state index in [0.29, 0.717) is 11.3 Å². The van der Waals surface area contributed by atoms with Crippen LogP contribution >= 0.6 is 0 Å². The van der Waals surface area contributed by atoms with Gasteiger partial charge in [-0.1, -0.05) is 42.5 Å². The number of carbonyl (C=O) groups is 2. The summed E-state index contributed by atoms with van der Waals surface area (Å²) in [5.74, 6) is -0.607. The summed E-state index contributed by atoms with van der Waals surface area (Å²) < 4.78 is 0. The highest BCUT2D eigenvalue weighted by Crippen LogP contribution is 2.25. The Bertz CT molecular complexity index is 882. The van der Waals surface area contributed by atoms with Gasteiger partial charge in [-0.15, -0.1) is 0 Å². The molecule has 0 bridgehead atoms. The first-order chi connectivity index (χ1) is 11.1. The Balaban J connectivity index is 1.96. The molecule has 0 unspecified atom stereocenters. The van der Waals surface area contributed by atoms with Gasteiger partial charge in [-0.2, -0.15) is 15.4 Å². The molecule has 0 radical (unpaired) electrons. The number of amides is 1. The molecular weight excluding hydrogens is 292 g/mol. The van der Waals surface area contributed by atoms with Gasteiger partial charge in [0.1, 0.15) is 5.69 Å². The van der Waals surface area contributed by atoms with E-state index in [2.05, 4.69) is 15.4 Å². The van der Waals surface area contributed by atoms with Gasteiger partial charge in [0, 0.05) is 11.1 Å². The number of benzene rings is 2. The molecule has 0 aliphatic rings. The van der Waals surface area contributed by atoms with Crippen LogP contribution in [-0.2, 0) is 0 Å². The van der Waals surface area contributed by atoms with Gasteiger partial charge < -0.3 is 5.73 Å². The molecule has 0 atom stereocenters. The minimum absolute atomic E-state index is 0.0252. The summed E-state index contributed by atoms with van der Waals surface area (Å²) in [6.45, 7) is 1.54. The van der Waals surface area contributed by atoms with Gasteiger partial charge in [-0.05, 0) is 24.1 Å². The minimum atomic E-state index is -0.632. The molecule has 1 amide bonds. The van der Waals surface area contributed by atoms with E-state index < -0.39 is 5.91 Å². The Morgan fingerprint density at radius 3 is 2.30 bits per heavy atom. The van der Waals surface area contributed by atoms with Crippen LogP contribution in [0.15, 0.2) is 48.5 Å². The van der Waals surface area contributed by atoms with Crippen molar-refractivity contribution in [1.82, 2.24) is 15.4 Å². The van der Waals surface area contributed by atoms with E-state index in [0.717, 1.165) is 16.7 Å². The van der Waals surface area contributed by atoms with Crippen LogP contribution in [0.25, 0.3) is 22.4 Å². The number of nitrogens with zero attached hydrogens (tertiary/aromatic N) is 2. The zero-order valence-corrected chi connectivity index (χ0v) is 12.4. The van der Waals surface area contributed by atoms with Gasteiger partial charge in [0.15, 0.2) is 11.5 Å². The Hall–Kier alpha value is -3.28. The van der Waals surface area contributed by atoms with Crippen LogP contribution in [0, 0.1) is 0 Å². The third kappa shape index (κ3) is 2.87. The highest BCUT2D eigenvalue weighted by molar-refractivity contribution is 5.97. The molecule has 1 heterocycles. The van der Waals surface area contributed by atoms with Gasteiger partial charge >= 0.3 is 0 Å². The zero-order chi connectivity index (χ0) is 16.4. The van der Waals surface area contributed by atoms with E-state index >= 15 is 0 Å². The van der Waals surface area contributed by atoms with Gasteiger partial charge in [0.05, 0.1) is 0 Å². The number of primary amides is 1. The first-order valence-electron chi connectivity index (χ1n) is 6.98. The Morgan fingerprint density at radius 2 is 1.65 bits per heavy atom. The molecule has 6 heteroatoms. The fraction of sp³-hybridized carbons (Fsp3) is 0.0588. The molecule has 0 aliphatic carbocycles. The number of hydrogen-bond donors (Lipinski definition) is 2. The van der Waals surface area contributed by atoms with Crippen LogP contribution in [0.1, 0.15) is 27.8 Å². The molecule has 3 rings (SSSR count). The number of rotatable bonds is 4. The van der Waals surface area contributed by atoms with Crippen molar-refractivity contribution in [3.05, 3.63) is 59.8 Å². The maximum atomic E-state index is 11.5. The number of ketones is 1. The van der Waals surface area contributed by atoms with Crippen molar-refractivity contribution >= 4 is 11.7 Å². The van der Waals surface area contributed by atoms with Crippen molar-refractivity contribution in [2.75, 3.05) is 0 Å². The van der Waals surface area contributed by atoms with Crippen LogP contribution in [-0.4, -0.2) is 27.1 Å². The second-order valence-corrected chi connectivity index (χ2v) is 5.10. The molecule has 3 aromatic rings. The van der Waals surface area contributed by atoms with E-state index in [1.807, 2.05) is 42.5 Å². The predicted molar refractivity (Wildman–Crippen MR) is 85.8 cm³/mol. The lowest BCUT2D eigenvalue weighted by atomic mass is 9.99. The van der Waals surface area contributed by atoms with Gasteiger partial charge in [0.25, 0.3) is 5.91 Å². The van der Waals surface area contributed by atoms with Crippen LogP contribution in [0.4, 0.5) is 0 Å². The molecule has 0 aliphatic heterocycles. The van der Waals surface area contributed by atoms with Gasteiger partial charge in [-0.25, -0.2) is 0 Å². The number of nitrogens with one attached hydrogen (secondary N) is 1. The van der Waals surface area contributed by atoms with E-state index in [1.54, 1.807) is 6.07 Å². The highest BCUT2D eigenvalue weighted by Gasteiger charge is 2.15. The summed E-state index contributed by atoms with van der Waals surface area (Å²) in [6, 6.07) is 14.9. The van der Waals surface area contributed by atoms with Crippen molar-refractivity contribution in [2.45, 2.75) is 6.92 Å². The Morgan fingerprint density at radius 1 is 0.957 bits per heavy atom. The number of hydrogen-bond acceptors (Lipinski definition) is 4. The molecule has 3 N–H and O–H groups in total. The molecule has 0 saturated carbocycles. The molecule has 114 valence electrons. The van der Waals surface area contributed by atoms with Crippen molar-refractivity contribution in [3.8, 4) is 22.4 Å². The smallest absolute Gasteiger partial charge is 0.271 e. The third-order valence-corrected chi connectivity index (χ3v) is 3.54. The van der Waals surface area contributed by atoms with Crippen LogP contribution in [0.5, 0.6) is 0 Å². The van der Waals surface area contributed by atoms with Crippen molar-refractivity contribution in [1.29, 1.82) is 0 Å². The number of nitrogens with two attached hydrogens (primary N) is 1. The maximum absolute atomic E-state index is 11.5. The topological polar surface area (TPSA) is 102 Å². The van der Waals surface area contributed by atoms with E-state index in [1.165, 1.54) is 6.92 Å². The third-order valence-electron chi connectivity index (χ3n) is 3.54. The van der Waals surface area contributed by atoms with Crippen LogP contribution in [0.2, 0.25) is 0 Å². The molecule has 2 aromatic carbocycles. The average molecular weight is 306 g/mol. The second-order valence-electron chi connectivity index (χ2n) is 5.10. The standard InChI is InChI=1S/C17H14N4O2/c1-10(22)13-3-2-4-14(9-13)11-5-7-12(8-6-11)15-16(17(18)23)20-21-19-15/h2-9H,1H3,(H2,18,23)(H,19,20,21). The summed E-state index contributed by atoms with van der Waals surface area (Å²) in [5, 5.41) is 10.1. The quantitative estimate of drug-likeness (QED) is 0.723. The largest absolute Gasteiger partial charge is 0.364 e. The number of aromatic nitrogens is 3. The average Bonchev–Trinajstić information content (AvgIpc) is 3.05. The predicted octanol–water partition coefficient (Wildman–Crippen LogP) is 2.44. The first-order valence-corrected chi connectivity index (χ1v) is 6.98. The molecule has 0 saturated heterocycles. The fourth-order valence-electron chi connectivity index (χ4n) is 2.34. The fourth-order valence-corrected chi connectivity index (χ4v) is 2.34. The lowest BCUT2D eigenvalue weighted by molar-refractivity contribution is 0.0992. The monoisotopic (exact) mass is 306 g/mol. The van der Waals surface area contributed by atoms with E-state index in [9.17, 15) is 9.59 Å². The van der Waals surface area contributed by atoms with Crippen LogP contribution < -0.4 is 5.73 Å². The molecule has 0 spiro atoms. The minimum Gasteiger partial charge on any atom is -0.364 e. The number of aromatic amines is 1. The molecule has 0 fully saturated rings. The van der Waals surface area contributed by atoms with Gasteiger partial charge in [0.2, 0.25) is 0 Å². The first kappa shape index (κ1) is 14.6. The molecular formula is C17H14N4O2. The normalized spacial score (nSPS) is 10.5. The molecule has 23 heavy (non-hydrogen) atoms.